The summed E-state index contributed by atoms with van der Waals surface area (Å²) in [6.07, 6.45) is -4.78. The van der Waals surface area contributed by atoms with Crippen molar-refractivity contribution in [2.24, 2.45) is 11.3 Å². The van der Waals surface area contributed by atoms with E-state index < -0.39 is 40.8 Å². The fourth-order valence-electron chi connectivity index (χ4n) is 2.69. The van der Waals surface area contributed by atoms with Crippen LogP contribution in [0.3, 0.4) is 0 Å². The summed E-state index contributed by atoms with van der Waals surface area (Å²) in [6, 6.07) is 2.98. The molecule has 0 aliphatic heterocycles. The van der Waals surface area contributed by atoms with E-state index >= 15 is 0 Å². The lowest BCUT2D eigenvalue weighted by atomic mass is 10.00. The average molecular weight is 276 g/mol. The van der Waals surface area contributed by atoms with Gasteiger partial charge in [0.15, 0.2) is 0 Å². The number of carboxylic acid groups (broad SMARTS) is 1. The van der Waals surface area contributed by atoms with Crippen molar-refractivity contribution in [1.29, 1.82) is 0 Å². The van der Waals surface area contributed by atoms with E-state index in [0.29, 0.717) is 6.07 Å². The van der Waals surface area contributed by atoms with Gasteiger partial charge in [-0.15, -0.1) is 0 Å². The van der Waals surface area contributed by atoms with Crippen LogP contribution in [0.1, 0.15) is 30.9 Å². The molecular formula is C13H12F4O2. The van der Waals surface area contributed by atoms with Gasteiger partial charge in [0, 0.05) is 5.92 Å². The molecule has 0 radical (unpaired) electrons. The summed E-state index contributed by atoms with van der Waals surface area (Å²) in [6.45, 7) is 3.21. The number of hydrogen-bond acceptors (Lipinski definition) is 1. The molecule has 0 spiro atoms. The molecule has 0 saturated heterocycles. The zero-order chi connectivity index (χ0) is 14.6. The summed E-state index contributed by atoms with van der Waals surface area (Å²) >= 11 is 0. The van der Waals surface area contributed by atoms with Crippen LogP contribution in [-0.2, 0) is 11.0 Å². The van der Waals surface area contributed by atoms with Gasteiger partial charge in [-0.2, -0.15) is 13.2 Å². The maximum absolute atomic E-state index is 13.9. The SMILES string of the molecule is CC1(C)[C@H](C(=O)O)[C@H]1c1cccc(C(F)(F)F)c1F. The fourth-order valence-corrected chi connectivity index (χ4v) is 2.69. The second kappa shape index (κ2) is 3.95. The predicted molar refractivity (Wildman–Crippen MR) is 59.0 cm³/mol. The van der Waals surface area contributed by atoms with E-state index in [4.69, 9.17) is 5.11 Å². The first kappa shape index (κ1) is 13.8. The predicted octanol–water partition coefficient (Wildman–Crippen LogP) is 3.67. The second-order valence-electron chi connectivity index (χ2n) is 5.32. The molecule has 104 valence electrons. The first-order chi connectivity index (χ1) is 8.58. The third kappa shape index (κ3) is 2.09. The number of halogens is 4. The molecule has 1 aliphatic rings. The summed E-state index contributed by atoms with van der Waals surface area (Å²) < 4.78 is 51.7. The Morgan fingerprint density at radius 1 is 1.32 bits per heavy atom. The van der Waals surface area contributed by atoms with E-state index in [1.54, 1.807) is 13.8 Å². The Balaban J connectivity index is 2.47. The van der Waals surface area contributed by atoms with Crippen LogP contribution in [0.25, 0.3) is 0 Å². The maximum Gasteiger partial charge on any atom is 0.419 e. The minimum Gasteiger partial charge on any atom is -0.481 e. The normalized spacial score (nSPS) is 25.2. The molecule has 0 unspecified atom stereocenters. The number of benzene rings is 1. The summed E-state index contributed by atoms with van der Waals surface area (Å²) in [5.41, 5.74) is -2.26. The van der Waals surface area contributed by atoms with Crippen LogP contribution in [0.4, 0.5) is 17.6 Å². The Morgan fingerprint density at radius 2 is 1.89 bits per heavy atom. The molecule has 1 aromatic rings. The van der Waals surface area contributed by atoms with Crippen LogP contribution in [0.15, 0.2) is 18.2 Å². The molecule has 6 heteroatoms. The summed E-state index contributed by atoms with van der Waals surface area (Å²) in [5, 5.41) is 9.00. The molecule has 1 N–H and O–H groups in total. The van der Waals surface area contributed by atoms with Gasteiger partial charge in [-0.25, -0.2) is 4.39 Å². The van der Waals surface area contributed by atoms with E-state index in [1.807, 2.05) is 0 Å². The Hall–Kier alpha value is -1.59. The summed E-state index contributed by atoms with van der Waals surface area (Å²) in [4.78, 5) is 11.0. The number of hydrogen-bond donors (Lipinski definition) is 1. The average Bonchev–Trinajstić information content (AvgIpc) is 2.80. The zero-order valence-corrected chi connectivity index (χ0v) is 10.3. The lowest BCUT2D eigenvalue weighted by Gasteiger charge is -2.11. The van der Waals surface area contributed by atoms with Crippen LogP contribution < -0.4 is 0 Å². The van der Waals surface area contributed by atoms with Gasteiger partial charge in [0.2, 0.25) is 0 Å². The number of aliphatic carboxylic acids is 1. The van der Waals surface area contributed by atoms with E-state index in [-0.39, 0.29) is 5.56 Å². The highest BCUT2D eigenvalue weighted by molar-refractivity contribution is 5.77. The molecule has 1 fully saturated rings. The van der Waals surface area contributed by atoms with E-state index in [1.165, 1.54) is 6.07 Å². The van der Waals surface area contributed by atoms with E-state index in [2.05, 4.69) is 0 Å². The molecule has 2 nitrogen and oxygen atoms in total. The molecule has 0 bridgehead atoms. The first-order valence-electron chi connectivity index (χ1n) is 5.67. The minimum atomic E-state index is -4.78. The Bertz CT molecular complexity index is 534. The number of alkyl halides is 3. The van der Waals surface area contributed by atoms with Gasteiger partial charge in [-0.3, -0.25) is 4.79 Å². The van der Waals surface area contributed by atoms with Gasteiger partial charge in [0.25, 0.3) is 0 Å². The van der Waals surface area contributed by atoms with Gasteiger partial charge in [-0.1, -0.05) is 26.0 Å². The Morgan fingerprint density at radius 3 is 2.32 bits per heavy atom. The van der Waals surface area contributed by atoms with E-state index in [9.17, 15) is 22.4 Å². The van der Waals surface area contributed by atoms with Crippen molar-refractivity contribution in [2.75, 3.05) is 0 Å². The molecule has 0 heterocycles. The fraction of sp³-hybridized carbons (Fsp3) is 0.462. The summed E-state index contributed by atoms with van der Waals surface area (Å²) in [5.74, 6) is -4.07. The van der Waals surface area contributed by atoms with Crippen molar-refractivity contribution in [3.63, 3.8) is 0 Å². The lowest BCUT2D eigenvalue weighted by Crippen LogP contribution is -2.10. The van der Waals surface area contributed by atoms with Crippen molar-refractivity contribution in [3.05, 3.63) is 35.1 Å². The van der Waals surface area contributed by atoms with Crippen molar-refractivity contribution in [1.82, 2.24) is 0 Å². The van der Waals surface area contributed by atoms with E-state index in [0.717, 1.165) is 6.07 Å². The van der Waals surface area contributed by atoms with Crippen LogP contribution >= 0.6 is 0 Å². The highest BCUT2D eigenvalue weighted by atomic mass is 19.4. The monoisotopic (exact) mass is 276 g/mol. The van der Waals surface area contributed by atoms with Crippen LogP contribution in [0.2, 0.25) is 0 Å². The Kier molecular flexibility index (Phi) is 2.88. The van der Waals surface area contributed by atoms with Gasteiger partial charge in [-0.05, 0) is 17.0 Å². The van der Waals surface area contributed by atoms with Crippen LogP contribution in [0, 0.1) is 17.2 Å². The number of rotatable bonds is 2. The highest BCUT2D eigenvalue weighted by Gasteiger charge is 2.63. The molecule has 1 aromatic carbocycles. The molecule has 1 saturated carbocycles. The number of carbonyl (C=O) groups is 1. The molecule has 0 amide bonds. The first-order valence-corrected chi connectivity index (χ1v) is 5.67. The molecule has 2 atom stereocenters. The van der Waals surface area contributed by atoms with Crippen molar-refractivity contribution in [3.8, 4) is 0 Å². The standard InChI is InChI=1S/C13H12F4O2/c1-12(2)8(9(12)11(18)19)6-4-3-5-7(10(6)14)13(15,16)17/h3-5,8-9H,1-2H3,(H,18,19)/t8-,9+/m1/s1. The minimum absolute atomic E-state index is 0.174. The van der Waals surface area contributed by atoms with Gasteiger partial charge < -0.3 is 5.11 Å². The molecular weight excluding hydrogens is 264 g/mol. The molecule has 0 aromatic heterocycles. The van der Waals surface area contributed by atoms with Crippen LogP contribution in [-0.4, -0.2) is 11.1 Å². The number of carboxylic acids is 1. The molecule has 19 heavy (non-hydrogen) atoms. The van der Waals surface area contributed by atoms with Crippen molar-refractivity contribution >= 4 is 5.97 Å². The smallest absolute Gasteiger partial charge is 0.419 e. The topological polar surface area (TPSA) is 37.3 Å². The quantitative estimate of drug-likeness (QED) is 0.837. The Labute approximate surface area is 107 Å². The molecule has 2 rings (SSSR count). The zero-order valence-electron chi connectivity index (χ0n) is 10.3. The third-order valence-corrected chi connectivity index (χ3v) is 3.76. The van der Waals surface area contributed by atoms with Crippen molar-refractivity contribution in [2.45, 2.75) is 25.9 Å². The largest absolute Gasteiger partial charge is 0.481 e. The maximum atomic E-state index is 13.9. The van der Waals surface area contributed by atoms with Gasteiger partial charge >= 0.3 is 12.1 Å². The van der Waals surface area contributed by atoms with Crippen molar-refractivity contribution < 1.29 is 27.5 Å². The second-order valence-corrected chi connectivity index (χ2v) is 5.32. The van der Waals surface area contributed by atoms with Crippen LogP contribution in [0.5, 0.6) is 0 Å². The highest BCUT2D eigenvalue weighted by Crippen LogP contribution is 2.65. The lowest BCUT2D eigenvalue weighted by molar-refractivity contribution is -0.140. The van der Waals surface area contributed by atoms with Gasteiger partial charge in [0.05, 0.1) is 11.5 Å². The molecule has 1 aliphatic carbocycles. The van der Waals surface area contributed by atoms with Gasteiger partial charge in [0.1, 0.15) is 5.82 Å². The third-order valence-electron chi connectivity index (χ3n) is 3.76. The summed E-state index contributed by atoms with van der Waals surface area (Å²) in [7, 11) is 0.